The molecule has 0 saturated heterocycles. The van der Waals surface area contributed by atoms with Gasteiger partial charge in [0.05, 0.1) is 5.56 Å². The van der Waals surface area contributed by atoms with Crippen molar-refractivity contribution in [2.45, 2.75) is 64.7 Å². The summed E-state index contributed by atoms with van der Waals surface area (Å²) in [5.74, 6) is 0.860. The summed E-state index contributed by atoms with van der Waals surface area (Å²) in [4.78, 5) is 13.4. The average molecular weight is 415 g/mol. The predicted molar refractivity (Wildman–Crippen MR) is 129 cm³/mol. The molecule has 1 aromatic rings. The van der Waals surface area contributed by atoms with Gasteiger partial charge in [-0.25, -0.2) is 0 Å². The first-order chi connectivity index (χ1) is 13.9. The van der Waals surface area contributed by atoms with E-state index in [1.165, 1.54) is 16.7 Å². The Morgan fingerprint density at radius 2 is 1.66 bits per heavy atom. The van der Waals surface area contributed by atoms with Crippen molar-refractivity contribution in [1.29, 1.82) is 0 Å². The van der Waals surface area contributed by atoms with Crippen LogP contribution in [0.5, 0.6) is 0 Å². The van der Waals surface area contributed by atoms with E-state index >= 15 is 0 Å². The van der Waals surface area contributed by atoms with Gasteiger partial charge in [0.15, 0.2) is 0 Å². The minimum absolute atomic E-state index is 0.0176. The van der Waals surface area contributed by atoms with Gasteiger partial charge < -0.3 is 11.1 Å². The molecule has 0 fully saturated rings. The lowest BCUT2D eigenvalue weighted by atomic mass is 10.1. The van der Waals surface area contributed by atoms with Crippen molar-refractivity contribution in [3.05, 3.63) is 64.8 Å². The largest absolute Gasteiger partial charge is 0.352 e. The van der Waals surface area contributed by atoms with Crippen LogP contribution in [-0.4, -0.2) is 24.7 Å². The van der Waals surface area contributed by atoms with Gasteiger partial charge in [0.1, 0.15) is 0 Å². The quantitative estimate of drug-likeness (QED) is 0.227. The first-order valence-corrected chi connectivity index (χ1v) is 11.6. The van der Waals surface area contributed by atoms with Gasteiger partial charge in [0.25, 0.3) is 5.91 Å². The van der Waals surface area contributed by atoms with Gasteiger partial charge >= 0.3 is 0 Å². The van der Waals surface area contributed by atoms with E-state index < -0.39 is 0 Å². The van der Waals surface area contributed by atoms with Gasteiger partial charge in [-0.05, 0) is 78.5 Å². The van der Waals surface area contributed by atoms with Crippen molar-refractivity contribution >= 4 is 17.7 Å². The number of nitrogens with two attached hydrogens (primary N) is 1. The SMILES string of the molecule is CC(C)=CCC/C(C)=C/CC/C(C)=C/CSc1ccccc1C(=O)NCCCN. The normalized spacial score (nSPS) is 12.0. The lowest BCUT2D eigenvalue weighted by Crippen LogP contribution is -2.26. The summed E-state index contributed by atoms with van der Waals surface area (Å²) in [6.07, 6.45) is 12.2. The molecular weight excluding hydrogens is 376 g/mol. The third-order valence-electron chi connectivity index (χ3n) is 4.59. The molecular formula is C25H38N2OS. The first-order valence-electron chi connectivity index (χ1n) is 10.6. The lowest BCUT2D eigenvalue weighted by molar-refractivity contribution is 0.0950. The second-order valence-corrected chi connectivity index (χ2v) is 8.73. The second kappa shape index (κ2) is 15.1. The predicted octanol–water partition coefficient (Wildman–Crippen LogP) is 6.28. The molecule has 0 saturated carbocycles. The number of thioether (sulfide) groups is 1. The molecule has 1 amide bonds. The fourth-order valence-corrected chi connectivity index (χ4v) is 3.83. The molecule has 3 nitrogen and oxygen atoms in total. The minimum atomic E-state index is -0.0176. The Labute approximate surface area is 181 Å². The summed E-state index contributed by atoms with van der Waals surface area (Å²) in [5, 5.41) is 2.94. The minimum Gasteiger partial charge on any atom is -0.352 e. The molecule has 0 heterocycles. The Morgan fingerprint density at radius 3 is 2.34 bits per heavy atom. The van der Waals surface area contributed by atoms with E-state index in [2.05, 4.69) is 51.2 Å². The number of hydrogen-bond acceptors (Lipinski definition) is 3. The van der Waals surface area contributed by atoms with Crippen molar-refractivity contribution in [1.82, 2.24) is 5.32 Å². The van der Waals surface area contributed by atoms with Crippen LogP contribution in [0.2, 0.25) is 0 Å². The molecule has 0 spiro atoms. The van der Waals surface area contributed by atoms with Crippen LogP contribution in [0.3, 0.4) is 0 Å². The van der Waals surface area contributed by atoms with Crippen molar-refractivity contribution in [2.24, 2.45) is 5.73 Å². The average Bonchev–Trinajstić information content (AvgIpc) is 2.68. The second-order valence-electron chi connectivity index (χ2n) is 7.67. The van der Waals surface area contributed by atoms with E-state index in [1.54, 1.807) is 11.8 Å². The molecule has 0 aliphatic rings. The fourth-order valence-electron chi connectivity index (χ4n) is 2.79. The van der Waals surface area contributed by atoms with Gasteiger partial charge in [0, 0.05) is 17.2 Å². The summed E-state index contributed by atoms with van der Waals surface area (Å²) in [5.41, 5.74) is 10.5. The number of benzene rings is 1. The van der Waals surface area contributed by atoms with Crippen molar-refractivity contribution < 1.29 is 4.79 Å². The van der Waals surface area contributed by atoms with Crippen molar-refractivity contribution in [2.75, 3.05) is 18.8 Å². The zero-order valence-corrected chi connectivity index (χ0v) is 19.4. The molecule has 0 bridgehead atoms. The van der Waals surface area contributed by atoms with E-state index in [0.717, 1.165) is 48.3 Å². The maximum absolute atomic E-state index is 12.4. The Hall–Kier alpha value is -1.78. The van der Waals surface area contributed by atoms with Crippen LogP contribution in [0.1, 0.15) is 70.2 Å². The van der Waals surface area contributed by atoms with Crippen molar-refractivity contribution in [3.63, 3.8) is 0 Å². The number of carbonyl (C=O) groups is 1. The molecule has 1 rings (SSSR count). The van der Waals surface area contributed by atoms with E-state index in [4.69, 9.17) is 5.73 Å². The molecule has 0 unspecified atom stereocenters. The van der Waals surface area contributed by atoms with Crippen LogP contribution in [0.25, 0.3) is 0 Å². The topological polar surface area (TPSA) is 55.1 Å². The third-order valence-corrected chi connectivity index (χ3v) is 5.59. The van der Waals surface area contributed by atoms with Crippen LogP contribution >= 0.6 is 11.8 Å². The van der Waals surface area contributed by atoms with Gasteiger partial charge in [-0.15, -0.1) is 11.8 Å². The number of hydrogen-bond donors (Lipinski definition) is 2. The van der Waals surface area contributed by atoms with Crippen LogP contribution in [0.15, 0.2) is 64.1 Å². The van der Waals surface area contributed by atoms with E-state index in [9.17, 15) is 4.79 Å². The Bertz CT molecular complexity index is 715. The molecule has 29 heavy (non-hydrogen) atoms. The molecule has 160 valence electrons. The van der Waals surface area contributed by atoms with Gasteiger partial charge in [-0.2, -0.15) is 0 Å². The molecule has 4 heteroatoms. The monoisotopic (exact) mass is 414 g/mol. The smallest absolute Gasteiger partial charge is 0.252 e. The molecule has 0 atom stereocenters. The third kappa shape index (κ3) is 11.7. The highest BCUT2D eigenvalue weighted by atomic mass is 32.2. The highest BCUT2D eigenvalue weighted by Crippen LogP contribution is 2.23. The summed E-state index contributed by atoms with van der Waals surface area (Å²) in [6.45, 7) is 9.93. The zero-order chi connectivity index (χ0) is 21.5. The van der Waals surface area contributed by atoms with Crippen LogP contribution in [0, 0.1) is 0 Å². The van der Waals surface area contributed by atoms with Gasteiger partial charge in [0.2, 0.25) is 0 Å². The summed E-state index contributed by atoms with van der Waals surface area (Å²) in [6, 6.07) is 7.80. The number of allylic oxidation sites excluding steroid dienone is 5. The number of amides is 1. The van der Waals surface area contributed by atoms with Gasteiger partial charge in [-0.1, -0.05) is 47.1 Å². The van der Waals surface area contributed by atoms with E-state index in [-0.39, 0.29) is 5.91 Å². The maximum atomic E-state index is 12.4. The highest BCUT2D eigenvalue weighted by Gasteiger charge is 2.10. The van der Waals surface area contributed by atoms with Crippen LogP contribution in [0.4, 0.5) is 0 Å². The Kier molecular flexibility index (Phi) is 13.2. The highest BCUT2D eigenvalue weighted by molar-refractivity contribution is 7.99. The van der Waals surface area contributed by atoms with Crippen LogP contribution < -0.4 is 11.1 Å². The molecule has 1 aromatic carbocycles. The summed E-state index contributed by atoms with van der Waals surface area (Å²) >= 11 is 1.71. The van der Waals surface area contributed by atoms with Crippen molar-refractivity contribution in [3.8, 4) is 0 Å². The number of nitrogens with one attached hydrogen (secondary N) is 1. The summed E-state index contributed by atoms with van der Waals surface area (Å²) < 4.78 is 0. The Morgan fingerprint density at radius 1 is 1.00 bits per heavy atom. The molecule has 3 N–H and O–H groups in total. The summed E-state index contributed by atoms with van der Waals surface area (Å²) in [7, 11) is 0. The number of rotatable bonds is 13. The molecule has 0 aromatic heterocycles. The molecule has 0 radical (unpaired) electrons. The van der Waals surface area contributed by atoms with E-state index in [0.29, 0.717) is 13.1 Å². The van der Waals surface area contributed by atoms with E-state index in [1.807, 2.05) is 24.3 Å². The number of carbonyl (C=O) groups excluding carboxylic acids is 1. The molecule has 0 aliphatic heterocycles. The van der Waals surface area contributed by atoms with Crippen LogP contribution in [-0.2, 0) is 0 Å². The fraction of sp³-hybridized carbons (Fsp3) is 0.480. The van der Waals surface area contributed by atoms with Gasteiger partial charge in [-0.3, -0.25) is 4.79 Å². The molecule has 0 aliphatic carbocycles. The first kappa shape index (κ1) is 25.3. The lowest BCUT2D eigenvalue weighted by Gasteiger charge is -2.09. The standard InChI is InChI=1S/C25H38N2OS/c1-20(2)10-7-11-21(3)12-8-13-22(4)16-19-29-24-15-6-5-14-23(24)25(28)27-18-9-17-26/h5-6,10,12,14-16H,7-9,11,13,17-19,26H2,1-4H3,(H,27,28)/b21-12+,22-16+. The maximum Gasteiger partial charge on any atom is 0.252 e. The Balaban J connectivity index is 2.46. The zero-order valence-electron chi connectivity index (χ0n) is 18.6.